The smallest absolute Gasteiger partial charge is 0.482 e. The number of carbonyl (C=O) groups is 1. The molecule has 0 saturated carbocycles. The summed E-state index contributed by atoms with van der Waals surface area (Å²) in [4.78, 5) is 12.1. The number of allylic oxidation sites excluding steroid dienone is 5. The van der Waals surface area contributed by atoms with Crippen molar-refractivity contribution in [2.75, 3.05) is 6.61 Å². The Labute approximate surface area is 319 Å². The van der Waals surface area contributed by atoms with Crippen LogP contribution in [0.5, 0.6) is 5.75 Å². The normalized spacial score (nSPS) is 20.0. The Morgan fingerprint density at radius 1 is 0.800 bits per heavy atom. The van der Waals surface area contributed by atoms with E-state index in [9.17, 15) is 4.79 Å². The van der Waals surface area contributed by atoms with Crippen molar-refractivity contribution in [3.05, 3.63) is 104 Å². The molecular weight excluding hydrogens is 706 g/mol. The van der Waals surface area contributed by atoms with E-state index in [1.165, 1.54) is 4.49 Å². The molecule has 0 amide bonds. The van der Waals surface area contributed by atoms with Crippen LogP contribution in [0.2, 0.25) is 0 Å². The fourth-order valence-corrected chi connectivity index (χ4v) is 9.63. The number of aromatic nitrogens is 2. The van der Waals surface area contributed by atoms with Crippen LogP contribution in [-0.4, -0.2) is 61.5 Å². The summed E-state index contributed by atoms with van der Waals surface area (Å²) in [5.74, 6) is -0.00382. The van der Waals surface area contributed by atoms with E-state index in [-0.39, 0.29) is 6.61 Å². The molecular formula is C42H46B2F4N4O3. The maximum Gasteiger partial charge on any atom is 0.737 e. The number of nitrogens with zero attached hydrogens (tertiary/aromatic N) is 4. The Balaban J connectivity index is 1.18. The lowest BCUT2D eigenvalue weighted by Crippen LogP contribution is -2.53. The van der Waals surface area contributed by atoms with Crippen LogP contribution in [0.1, 0.15) is 110 Å². The van der Waals surface area contributed by atoms with Crippen LogP contribution in [0.4, 0.5) is 17.3 Å². The van der Waals surface area contributed by atoms with Gasteiger partial charge >= 0.3 is 19.9 Å². The van der Waals surface area contributed by atoms with Crippen molar-refractivity contribution >= 4 is 49.6 Å². The van der Waals surface area contributed by atoms with Gasteiger partial charge in [0.05, 0.1) is 0 Å². The van der Waals surface area contributed by atoms with Crippen molar-refractivity contribution in [2.24, 2.45) is 0 Å². The summed E-state index contributed by atoms with van der Waals surface area (Å²) >= 11 is 0. The molecule has 0 fully saturated rings. The molecule has 13 heteroatoms. The Morgan fingerprint density at radius 2 is 1.31 bits per heavy atom. The average Bonchev–Trinajstić information content (AvgIpc) is 3.85. The standard InChI is InChI=1S/C42H46B2F4N4O3/c1-11-31-24(3)36-21-28-19-33-34-20-29-22-37-25(4)32(12-2)35(18-15-27-13-16-30(17-14-27)54-23-38(53)55-41(6,7)8)52(37)44(47,48)51(29)40(34)42(9,10)39(33)50(28)43(45,46)49(36)26(31)5/h13-22H,11-12,23H2,1-10H3/b18-15+. The highest BCUT2D eigenvalue weighted by Gasteiger charge is 2.61. The molecule has 3 aromatic rings. The van der Waals surface area contributed by atoms with Crippen LogP contribution in [0.15, 0.2) is 76.2 Å². The summed E-state index contributed by atoms with van der Waals surface area (Å²) in [6, 6.07) is 10.5. The molecule has 2 aromatic heterocycles. The topological polar surface area (TPSA) is 51.4 Å². The molecule has 7 nitrogen and oxygen atoms in total. The summed E-state index contributed by atoms with van der Waals surface area (Å²) in [6.45, 7) is 9.35. The van der Waals surface area contributed by atoms with E-state index in [0.29, 0.717) is 75.3 Å². The van der Waals surface area contributed by atoms with Gasteiger partial charge in [-0.25, -0.2) is 4.79 Å². The van der Waals surface area contributed by atoms with Crippen LogP contribution >= 0.6 is 0 Å². The van der Waals surface area contributed by atoms with E-state index < -0.39 is 30.9 Å². The van der Waals surface area contributed by atoms with Crippen molar-refractivity contribution in [2.45, 2.75) is 93.1 Å². The van der Waals surface area contributed by atoms with E-state index in [1.54, 1.807) is 96.2 Å². The summed E-state index contributed by atoms with van der Waals surface area (Å²) in [5, 5.41) is 0. The number of fused-ring (bicyclic) bond motifs is 9. The van der Waals surface area contributed by atoms with Crippen molar-refractivity contribution in [1.29, 1.82) is 0 Å². The third kappa shape index (κ3) is 5.20. The van der Waals surface area contributed by atoms with Gasteiger partial charge in [0.1, 0.15) is 17.1 Å². The number of hydrogen-bond acceptors (Lipinski definition) is 3. The third-order valence-electron chi connectivity index (χ3n) is 11.8. The minimum atomic E-state index is -4.46. The second kappa shape index (κ2) is 12.0. The quantitative estimate of drug-likeness (QED) is 0.137. The van der Waals surface area contributed by atoms with Gasteiger partial charge in [0.25, 0.3) is 0 Å². The number of esters is 1. The van der Waals surface area contributed by atoms with E-state index >= 15 is 17.3 Å². The van der Waals surface area contributed by atoms with Crippen LogP contribution in [0.3, 0.4) is 0 Å². The van der Waals surface area contributed by atoms with Crippen LogP contribution in [0.25, 0.3) is 29.4 Å². The first kappa shape index (κ1) is 36.9. The van der Waals surface area contributed by atoms with Crippen LogP contribution in [-0.2, 0) is 14.9 Å². The Kier molecular flexibility index (Phi) is 8.03. The molecule has 55 heavy (non-hydrogen) atoms. The SMILES string of the molecule is CCC1=C(C)C2=Cc3cc4c(n3[B-](F)(F)[N+]2=C1C)C(C)(C)c1c-4cc2n1[B-](F)(F)[N+]1=C(/C=C/c3ccc(OCC(=O)OC(C)(C)C)cc3)C(CC)=C(C)C1=C2. The van der Waals surface area contributed by atoms with Crippen molar-refractivity contribution in [1.82, 2.24) is 8.96 Å². The Morgan fingerprint density at radius 3 is 1.84 bits per heavy atom. The van der Waals surface area contributed by atoms with Gasteiger partial charge in [-0.15, -0.1) is 0 Å². The number of rotatable bonds is 7. The number of halogens is 4. The number of carbonyl (C=O) groups excluding carboxylic acids is 1. The lowest BCUT2D eigenvalue weighted by Gasteiger charge is -2.37. The second-order valence-corrected chi connectivity index (χ2v) is 16.7. The van der Waals surface area contributed by atoms with Crippen LogP contribution in [0, 0.1) is 0 Å². The highest BCUT2D eigenvalue weighted by atomic mass is 19.3. The molecule has 0 bridgehead atoms. The van der Waals surface area contributed by atoms with Gasteiger partial charge < -0.3 is 44.7 Å². The van der Waals surface area contributed by atoms with E-state index in [4.69, 9.17) is 9.47 Å². The zero-order chi connectivity index (χ0) is 39.7. The molecule has 0 saturated heterocycles. The summed E-state index contributed by atoms with van der Waals surface area (Å²) < 4.78 is 84.3. The van der Waals surface area contributed by atoms with Gasteiger partial charge in [-0.1, -0.05) is 26.0 Å². The maximum absolute atomic E-state index is 17.5. The zero-order valence-electron chi connectivity index (χ0n) is 33.1. The van der Waals surface area contributed by atoms with Gasteiger partial charge in [0.2, 0.25) is 0 Å². The number of ether oxygens (including phenoxy) is 2. The van der Waals surface area contributed by atoms with Crippen molar-refractivity contribution in [3.8, 4) is 16.9 Å². The summed E-state index contributed by atoms with van der Waals surface area (Å²) in [6.07, 6.45) is 8.30. The molecule has 0 spiro atoms. The first-order chi connectivity index (χ1) is 25.7. The highest BCUT2D eigenvalue weighted by Crippen LogP contribution is 2.56. The summed E-state index contributed by atoms with van der Waals surface area (Å²) in [5.41, 5.74) is 6.75. The lowest BCUT2D eigenvalue weighted by atomic mass is 9.81. The number of hydrogen-bond donors (Lipinski definition) is 0. The van der Waals surface area contributed by atoms with Gasteiger partial charge in [-0.2, -0.15) is 0 Å². The highest BCUT2D eigenvalue weighted by molar-refractivity contribution is 6.59. The molecule has 0 N–H and O–H groups in total. The first-order valence-electron chi connectivity index (χ1n) is 19.1. The van der Waals surface area contributed by atoms with Crippen LogP contribution < -0.4 is 4.74 Å². The third-order valence-corrected chi connectivity index (χ3v) is 11.8. The molecule has 5 aliphatic rings. The molecule has 1 aromatic carbocycles. The largest absolute Gasteiger partial charge is 0.737 e. The van der Waals surface area contributed by atoms with E-state index in [0.717, 1.165) is 41.3 Å². The zero-order valence-corrected chi connectivity index (χ0v) is 33.1. The Hall–Kier alpha value is -5.06. The number of benzene rings is 1. The van der Waals surface area contributed by atoms with E-state index in [2.05, 4.69) is 0 Å². The van der Waals surface area contributed by atoms with Gasteiger partial charge in [-0.05, 0) is 97.2 Å². The molecule has 0 radical (unpaired) electrons. The average molecular weight is 752 g/mol. The predicted octanol–water partition coefficient (Wildman–Crippen LogP) is 9.59. The van der Waals surface area contributed by atoms with Gasteiger partial charge in [0, 0.05) is 86.8 Å². The summed E-state index contributed by atoms with van der Waals surface area (Å²) in [7, 11) is 0. The fraction of sp³-hybridized carbons (Fsp3) is 0.357. The van der Waals surface area contributed by atoms with Gasteiger partial charge in [-0.3, -0.25) is 0 Å². The molecule has 1 aliphatic carbocycles. The fourth-order valence-electron chi connectivity index (χ4n) is 9.63. The minimum Gasteiger partial charge on any atom is -0.482 e. The minimum absolute atomic E-state index is 0.236. The lowest BCUT2D eigenvalue weighted by molar-refractivity contribution is -0.363. The van der Waals surface area contributed by atoms with Crippen molar-refractivity contribution in [3.63, 3.8) is 0 Å². The monoisotopic (exact) mass is 752 g/mol. The molecule has 286 valence electrons. The molecule has 4 aliphatic heterocycles. The molecule has 0 unspecified atom stereocenters. The molecule has 6 heterocycles. The van der Waals surface area contributed by atoms with E-state index in [1.807, 2.05) is 33.8 Å². The van der Waals surface area contributed by atoms with Gasteiger partial charge in [0.15, 0.2) is 23.7 Å². The van der Waals surface area contributed by atoms with Crippen molar-refractivity contribution < 1.29 is 40.5 Å². The second-order valence-electron chi connectivity index (χ2n) is 16.7. The first-order valence-corrected chi connectivity index (χ1v) is 19.1. The predicted molar refractivity (Wildman–Crippen MR) is 212 cm³/mol. The Bertz CT molecular complexity index is 2480. The molecule has 8 rings (SSSR count). The molecule has 0 atom stereocenters. The maximum atomic E-state index is 17.5.